The largest absolute Gasteiger partial charge is 0.348 e. The molecule has 0 aromatic carbocycles. The molecular formula is C11H16N4O. The first kappa shape index (κ1) is 11.0. The summed E-state index contributed by atoms with van der Waals surface area (Å²) in [5.41, 5.74) is 0.439. The number of nitrogens with one attached hydrogen (secondary N) is 1. The van der Waals surface area contributed by atoms with Gasteiger partial charge in [-0.05, 0) is 39.0 Å². The van der Waals surface area contributed by atoms with E-state index in [-0.39, 0.29) is 11.9 Å². The minimum Gasteiger partial charge on any atom is -0.348 e. The van der Waals surface area contributed by atoms with E-state index in [1.807, 2.05) is 0 Å². The Morgan fingerprint density at radius 1 is 1.50 bits per heavy atom. The zero-order valence-electron chi connectivity index (χ0n) is 9.39. The van der Waals surface area contributed by atoms with Crippen molar-refractivity contribution in [2.24, 2.45) is 0 Å². The molecule has 0 saturated carbocycles. The van der Waals surface area contributed by atoms with Crippen molar-refractivity contribution in [3.63, 3.8) is 0 Å². The number of rotatable bonds is 2. The maximum atomic E-state index is 11.8. The van der Waals surface area contributed by atoms with Crippen molar-refractivity contribution >= 4 is 5.91 Å². The first-order chi connectivity index (χ1) is 7.75. The minimum atomic E-state index is -0.100. The topological polar surface area (TPSA) is 58.1 Å². The van der Waals surface area contributed by atoms with Gasteiger partial charge in [0.05, 0.1) is 0 Å². The summed E-state index contributed by atoms with van der Waals surface area (Å²) in [7, 11) is 2.10. The molecule has 86 valence electrons. The van der Waals surface area contributed by atoms with Crippen molar-refractivity contribution in [2.75, 3.05) is 20.1 Å². The fraction of sp³-hybridized carbons (Fsp3) is 0.545. The molecule has 5 heteroatoms. The number of piperidine rings is 1. The fourth-order valence-electron chi connectivity index (χ4n) is 1.84. The second kappa shape index (κ2) is 5.03. The van der Waals surface area contributed by atoms with Gasteiger partial charge >= 0.3 is 0 Å². The zero-order valence-corrected chi connectivity index (χ0v) is 9.39. The highest BCUT2D eigenvalue weighted by Gasteiger charge is 2.19. The van der Waals surface area contributed by atoms with Crippen LogP contribution in [0.5, 0.6) is 0 Å². The average molecular weight is 220 g/mol. The molecule has 0 aliphatic carbocycles. The second-order valence-electron chi connectivity index (χ2n) is 4.15. The second-order valence-corrected chi connectivity index (χ2v) is 4.15. The number of likely N-dealkylation sites (tertiary alicyclic amines) is 1. The van der Waals surface area contributed by atoms with Gasteiger partial charge in [0.25, 0.3) is 5.91 Å². The Hall–Kier alpha value is -1.49. The van der Waals surface area contributed by atoms with E-state index < -0.39 is 0 Å². The molecule has 1 aromatic heterocycles. The van der Waals surface area contributed by atoms with Crippen LogP contribution < -0.4 is 5.32 Å². The van der Waals surface area contributed by atoms with E-state index in [0.29, 0.717) is 5.69 Å². The van der Waals surface area contributed by atoms with Crippen molar-refractivity contribution in [2.45, 2.75) is 18.9 Å². The van der Waals surface area contributed by atoms with Gasteiger partial charge in [0.1, 0.15) is 12.0 Å². The van der Waals surface area contributed by atoms with Gasteiger partial charge in [0.2, 0.25) is 0 Å². The molecule has 0 radical (unpaired) electrons. The molecule has 0 bridgehead atoms. The van der Waals surface area contributed by atoms with E-state index in [1.165, 1.54) is 6.33 Å². The van der Waals surface area contributed by atoms with Crippen LogP contribution in [-0.2, 0) is 0 Å². The molecule has 1 N–H and O–H groups in total. The Morgan fingerprint density at radius 3 is 2.88 bits per heavy atom. The molecule has 2 rings (SSSR count). The smallest absolute Gasteiger partial charge is 0.270 e. The van der Waals surface area contributed by atoms with E-state index in [9.17, 15) is 4.79 Å². The summed E-state index contributed by atoms with van der Waals surface area (Å²) in [6, 6.07) is 1.91. The monoisotopic (exact) mass is 220 g/mol. The fourth-order valence-corrected chi connectivity index (χ4v) is 1.84. The van der Waals surface area contributed by atoms with E-state index >= 15 is 0 Å². The summed E-state index contributed by atoms with van der Waals surface area (Å²) in [5.74, 6) is -0.100. The van der Waals surface area contributed by atoms with E-state index in [4.69, 9.17) is 0 Å². The van der Waals surface area contributed by atoms with E-state index in [1.54, 1.807) is 12.3 Å². The van der Waals surface area contributed by atoms with Crippen LogP contribution in [0, 0.1) is 0 Å². The summed E-state index contributed by atoms with van der Waals surface area (Å²) >= 11 is 0. The number of nitrogens with zero attached hydrogens (tertiary/aromatic N) is 3. The Labute approximate surface area is 94.9 Å². The van der Waals surface area contributed by atoms with Crippen molar-refractivity contribution in [3.05, 3.63) is 24.3 Å². The third kappa shape index (κ3) is 2.76. The van der Waals surface area contributed by atoms with Crippen LogP contribution in [0.1, 0.15) is 23.3 Å². The van der Waals surface area contributed by atoms with Gasteiger partial charge in [0, 0.05) is 12.2 Å². The highest BCUT2D eigenvalue weighted by atomic mass is 16.1. The lowest BCUT2D eigenvalue weighted by Crippen LogP contribution is -2.43. The molecule has 16 heavy (non-hydrogen) atoms. The van der Waals surface area contributed by atoms with Gasteiger partial charge in [-0.2, -0.15) is 0 Å². The standard InChI is InChI=1S/C11H16N4O/c1-15-6-3-9(4-7-15)14-11(16)10-2-5-12-8-13-10/h2,5,8-9H,3-4,6-7H2,1H3,(H,14,16). The van der Waals surface area contributed by atoms with Crippen LogP contribution >= 0.6 is 0 Å². The number of aromatic nitrogens is 2. The molecule has 5 nitrogen and oxygen atoms in total. The van der Waals surface area contributed by atoms with Crippen molar-refractivity contribution < 1.29 is 4.79 Å². The third-order valence-electron chi connectivity index (χ3n) is 2.87. The van der Waals surface area contributed by atoms with Crippen molar-refractivity contribution in [1.82, 2.24) is 20.2 Å². The number of amides is 1. The van der Waals surface area contributed by atoms with Gasteiger partial charge in [0.15, 0.2) is 0 Å². The van der Waals surface area contributed by atoms with Gasteiger partial charge in [-0.1, -0.05) is 0 Å². The van der Waals surface area contributed by atoms with Gasteiger partial charge in [-0.3, -0.25) is 4.79 Å². The Balaban J connectivity index is 1.88. The van der Waals surface area contributed by atoms with Crippen LogP contribution in [0.25, 0.3) is 0 Å². The summed E-state index contributed by atoms with van der Waals surface area (Å²) in [6.07, 6.45) is 4.99. The van der Waals surface area contributed by atoms with E-state index in [2.05, 4.69) is 27.2 Å². The number of carbonyl (C=O) groups excluding carboxylic acids is 1. The predicted molar refractivity (Wildman–Crippen MR) is 60.0 cm³/mol. The lowest BCUT2D eigenvalue weighted by Gasteiger charge is -2.29. The Morgan fingerprint density at radius 2 is 2.25 bits per heavy atom. The minimum absolute atomic E-state index is 0.100. The predicted octanol–water partition coefficient (Wildman–Crippen LogP) is 0.301. The van der Waals surface area contributed by atoms with Crippen LogP contribution in [-0.4, -0.2) is 47.0 Å². The maximum Gasteiger partial charge on any atom is 0.270 e. The Kier molecular flexibility index (Phi) is 3.46. The molecule has 1 saturated heterocycles. The third-order valence-corrected chi connectivity index (χ3v) is 2.87. The quantitative estimate of drug-likeness (QED) is 0.779. The summed E-state index contributed by atoms with van der Waals surface area (Å²) < 4.78 is 0. The molecule has 0 spiro atoms. The molecule has 0 unspecified atom stereocenters. The summed E-state index contributed by atoms with van der Waals surface area (Å²) in [5, 5.41) is 3.00. The number of carbonyl (C=O) groups is 1. The molecule has 0 atom stereocenters. The molecule has 1 fully saturated rings. The van der Waals surface area contributed by atoms with Crippen LogP contribution in [0.15, 0.2) is 18.6 Å². The van der Waals surface area contributed by atoms with Crippen LogP contribution in [0.4, 0.5) is 0 Å². The number of hydrogen-bond acceptors (Lipinski definition) is 4. The first-order valence-electron chi connectivity index (χ1n) is 5.51. The summed E-state index contributed by atoms with van der Waals surface area (Å²) in [4.78, 5) is 21.8. The molecule has 1 amide bonds. The van der Waals surface area contributed by atoms with Gasteiger partial charge < -0.3 is 10.2 Å². The SMILES string of the molecule is CN1CCC(NC(=O)c2ccncn2)CC1. The van der Waals surface area contributed by atoms with Gasteiger partial charge in [-0.25, -0.2) is 9.97 Å². The molecule has 2 heterocycles. The average Bonchev–Trinajstić information content (AvgIpc) is 2.33. The van der Waals surface area contributed by atoms with Crippen molar-refractivity contribution in [3.8, 4) is 0 Å². The van der Waals surface area contributed by atoms with Gasteiger partial charge in [-0.15, -0.1) is 0 Å². The first-order valence-corrected chi connectivity index (χ1v) is 5.51. The maximum absolute atomic E-state index is 11.8. The molecular weight excluding hydrogens is 204 g/mol. The lowest BCUT2D eigenvalue weighted by molar-refractivity contribution is 0.0911. The van der Waals surface area contributed by atoms with Crippen LogP contribution in [0.2, 0.25) is 0 Å². The highest BCUT2D eigenvalue weighted by molar-refractivity contribution is 5.92. The summed E-state index contributed by atoms with van der Waals surface area (Å²) in [6.45, 7) is 2.07. The molecule has 1 aliphatic rings. The van der Waals surface area contributed by atoms with Crippen molar-refractivity contribution in [1.29, 1.82) is 0 Å². The Bertz CT molecular complexity index is 346. The number of hydrogen-bond donors (Lipinski definition) is 1. The molecule has 1 aliphatic heterocycles. The highest BCUT2D eigenvalue weighted by Crippen LogP contribution is 2.08. The zero-order chi connectivity index (χ0) is 11.4. The lowest BCUT2D eigenvalue weighted by atomic mass is 10.1. The normalized spacial score (nSPS) is 18.3. The molecule has 1 aromatic rings. The van der Waals surface area contributed by atoms with Crippen LogP contribution in [0.3, 0.4) is 0 Å². The van der Waals surface area contributed by atoms with E-state index in [0.717, 1.165) is 25.9 Å².